The van der Waals surface area contributed by atoms with Crippen molar-refractivity contribution < 1.29 is 9.31 Å². The second-order valence-corrected chi connectivity index (χ2v) is 20.2. The summed E-state index contributed by atoms with van der Waals surface area (Å²) in [5, 5.41) is 2.64. The van der Waals surface area contributed by atoms with Crippen molar-refractivity contribution in [2.75, 3.05) is 0 Å². The molecule has 52 heavy (non-hydrogen) atoms. The Labute approximate surface area is 324 Å². The summed E-state index contributed by atoms with van der Waals surface area (Å²) in [4.78, 5) is 0. The molecule has 6 aromatic rings. The monoisotopic (exact) mass is 770 g/mol. The molecule has 5 aromatic carbocycles. The standard InChI is InChI=1S/C24H23BO2S.C23H29Br/c1-23(2)24(3,4)27-25(26-23)17-10-7-9-16(15-17)18-12-8-13-20-19-11-5-6-14-21(19)28-22(18)20;1-21(2,3)14-9-10-16-17(11-14)23(7,8)18-12-15(22(4,5)6)13-19(24)20(16)18/h5-15H,1-4H3;9-13H,1-8H3. The summed E-state index contributed by atoms with van der Waals surface area (Å²) in [6.45, 7) is 26.8. The number of hydrogen-bond acceptors (Lipinski definition) is 3. The summed E-state index contributed by atoms with van der Waals surface area (Å²) in [6.07, 6.45) is 0. The Morgan fingerprint density at radius 3 is 1.88 bits per heavy atom. The van der Waals surface area contributed by atoms with Crippen LogP contribution < -0.4 is 5.46 Å². The predicted octanol–water partition coefficient (Wildman–Crippen LogP) is 13.4. The maximum absolute atomic E-state index is 6.26. The van der Waals surface area contributed by atoms with Crippen LogP contribution in [0.3, 0.4) is 0 Å². The molecule has 268 valence electrons. The number of thiophene rings is 1. The van der Waals surface area contributed by atoms with Gasteiger partial charge in [0.15, 0.2) is 0 Å². The zero-order chi connectivity index (χ0) is 37.6. The highest BCUT2D eigenvalue weighted by Gasteiger charge is 2.51. The van der Waals surface area contributed by atoms with E-state index < -0.39 is 0 Å². The van der Waals surface area contributed by atoms with E-state index in [2.05, 4.69) is 196 Å². The van der Waals surface area contributed by atoms with E-state index in [0.717, 1.165) is 5.46 Å². The van der Waals surface area contributed by atoms with Gasteiger partial charge in [0.05, 0.1) is 11.2 Å². The van der Waals surface area contributed by atoms with Gasteiger partial charge in [-0.1, -0.05) is 156 Å². The van der Waals surface area contributed by atoms with Crippen molar-refractivity contribution in [3.8, 4) is 22.3 Å². The summed E-state index contributed by atoms with van der Waals surface area (Å²) in [5.74, 6) is 0. The molecule has 2 heterocycles. The highest BCUT2D eigenvalue weighted by Crippen LogP contribution is 2.53. The quantitative estimate of drug-likeness (QED) is 0.163. The molecule has 1 fully saturated rings. The van der Waals surface area contributed by atoms with Crippen molar-refractivity contribution in [1.29, 1.82) is 0 Å². The van der Waals surface area contributed by atoms with E-state index >= 15 is 0 Å². The lowest BCUT2D eigenvalue weighted by atomic mass is 9.77. The minimum Gasteiger partial charge on any atom is -0.399 e. The molecule has 0 amide bonds. The third kappa shape index (κ3) is 6.40. The summed E-state index contributed by atoms with van der Waals surface area (Å²) in [6, 6.07) is 35.6. The first kappa shape index (κ1) is 37.1. The Hall–Kier alpha value is -3.22. The maximum Gasteiger partial charge on any atom is 0.494 e. The Balaban J connectivity index is 0.000000164. The third-order valence-corrected chi connectivity index (χ3v) is 13.4. The van der Waals surface area contributed by atoms with Crippen LogP contribution in [0, 0.1) is 0 Å². The molecular formula is C47H52BBrO2S. The molecule has 8 rings (SSSR count). The minimum absolute atomic E-state index is 0.0374. The highest BCUT2D eigenvalue weighted by molar-refractivity contribution is 9.10. The number of halogens is 1. The van der Waals surface area contributed by atoms with Gasteiger partial charge in [0, 0.05) is 35.6 Å². The molecule has 0 saturated carbocycles. The smallest absolute Gasteiger partial charge is 0.399 e. The van der Waals surface area contributed by atoms with Crippen LogP contribution in [0.2, 0.25) is 0 Å². The molecule has 2 aliphatic rings. The van der Waals surface area contributed by atoms with Gasteiger partial charge in [-0.25, -0.2) is 0 Å². The van der Waals surface area contributed by atoms with Crippen LogP contribution in [0.4, 0.5) is 0 Å². The van der Waals surface area contributed by atoms with Crippen LogP contribution >= 0.6 is 27.3 Å². The Bertz CT molecular complexity index is 2320. The number of hydrogen-bond donors (Lipinski definition) is 0. The third-order valence-electron chi connectivity index (χ3n) is 11.6. The molecule has 1 aliphatic carbocycles. The minimum atomic E-state index is -0.341. The van der Waals surface area contributed by atoms with Crippen molar-refractivity contribution in [3.63, 3.8) is 0 Å². The summed E-state index contributed by atoms with van der Waals surface area (Å²) < 4.78 is 16.4. The summed E-state index contributed by atoms with van der Waals surface area (Å²) in [7, 11) is -0.341. The largest absolute Gasteiger partial charge is 0.494 e. The summed E-state index contributed by atoms with van der Waals surface area (Å²) >= 11 is 5.73. The first-order valence-corrected chi connectivity index (χ1v) is 20.2. The fourth-order valence-electron chi connectivity index (χ4n) is 7.50. The lowest BCUT2D eigenvalue weighted by Gasteiger charge is -2.32. The number of benzene rings is 5. The molecule has 1 aliphatic heterocycles. The molecular weight excluding hydrogens is 719 g/mol. The molecule has 0 bridgehead atoms. The van der Waals surface area contributed by atoms with E-state index in [9.17, 15) is 0 Å². The Morgan fingerprint density at radius 1 is 0.596 bits per heavy atom. The molecule has 0 spiro atoms. The van der Waals surface area contributed by atoms with Crippen LogP contribution in [0.1, 0.15) is 105 Å². The molecule has 5 heteroatoms. The van der Waals surface area contributed by atoms with E-state index in [1.165, 1.54) is 69.2 Å². The van der Waals surface area contributed by atoms with Crippen molar-refractivity contribution in [1.82, 2.24) is 0 Å². The van der Waals surface area contributed by atoms with Crippen LogP contribution in [-0.4, -0.2) is 18.3 Å². The van der Waals surface area contributed by atoms with Gasteiger partial charge < -0.3 is 9.31 Å². The van der Waals surface area contributed by atoms with Gasteiger partial charge >= 0.3 is 7.12 Å². The van der Waals surface area contributed by atoms with Gasteiger partial charge in [0.25, 0.3) is 0 Å². The first-order valence-electron chi connectivity index (χ1n) is 18.6. The SMILES string of the molecule is CC(C)(C)c1ccc2c(c1)C(C)(C)c1cc(C(C)(C)C)cc(Br)c1-2.CC1(C)OB(c2cccc(-c3cccc4c3sc3ccccc34)c2)OC1(C)C. The van der Waals surface area contributed by atoms with E-state index in [1.807, 2.05) is 11.3 Å². The maximum atomic E-state index is 6.26. The zero-order valence-corrected chi connectivity index (χ0v) is 35.3. The second-order valence-electron chi connectivity index (χ2n) is 18.3. The Morgan fingerprint density at radius 2 is 1.21 bits per heavy atom. The molecule has 0 radical (unpaired) electrons. The molecule has 0 atom stereocenters. The van der Waals surface area contributed by atoms with Crippen molar-refractivity contribution >= 4 is 60.0 Å². The van der Waals surface area contributed by atoms with Crippen molar-refractivity contribution in [3.05, 3.63) is 124 Å². The number of fused-ring (bicyclic) bond motifs is 6. The highest BCUT2D eigenvalue weighted by atomic mass is 79.9. The van der Waals surface area contributed by atoms with E-state index in [-0.39, 0.29) is 34.6 Å². The van der Waals surface area contributed by atoms with Crippen molar-refractivity contribution in [2.24, 2.45) is 0 Å². The van der Waals surface area contributed by atoms with E-state index in [0.29, 0.717) is 0 Å². The van der Waals surface area contributed by atoms with Gasteiger partial charge in [0.2, 0.25) is 0 Å². The predicted molar refractivity (Wildman–Crippen MR) is 230 cm³/mol. The molecule has 1 aromatic heterocycles. The average molecular weight is 772 g/mol. The average Bonchev–Trinajstić information content (AvgIpc) is 3.64. The van der Waals surface area contributed by atoms with Gasteiger partial charge in [-0.2, -0.15) is 0 Å². The lowest BCUT2D eigenvalue weighted by Crippen LogP contribution is -2.41. The van der Waals surface area contributed by atoms with E-state index in [4.69, 9.17) is 9.31 Å². The topological polar surface area (TPSA) is 18.5 Å². The van der Waals surface area contributed by atoms with Crippen LogP contribution in [-0.2, 0) is 25.6 Å². The number of rotatable bonds is 2. The molecule has 0 N–H and O–H groups in total. The molecule has 0 unspecified atom stereocenters. The fraction of sp³-hybridized carbons (Fsp3) is 0.362. The lowest BCUT2D eigenvalue weighted by molar-refractivity contribution is 0.00578. The van der Waals surface area contributed by atoms with Gasteiger partial charge in [0.1, 0.15) is 0 Å². The van der Waals surface area contributed by atoms with Gasteiger partial charge in [-0.3, -0.25) is 0 Å². The van der Waals surface area contributed by atoms with Crippen LogP contribution in [0.25, 0.3) is 42.4 Å². The summed E-state index contributed by atoms with van der Waals surface area (Å²) in [5.41, 5.74) is 11.7. The van der Waals surface area contributed by atoms with Crippen molar-refractivity contribution in [2.45, 2.75) is 111 Å². The molecule has 1 saturated heterocycles. The fourth-order valence-corrected chi connectivity index (χ4v) is 9.42. The molecule has 2 nitrogen and oxygen atoms in total. The zero-order valence-electron chi connectivity index (χ0n) is 32.9. The van der Waals surface area contributed by atoms with E-state index in [1.54, 1.807) is 0 Å². The van der Waals surface area contributed by atoms with Gasteiger partial charge in [-0.05, 0) is 95.1 Å². The van der Waals surface area contributed by atoms with Crippen LogP contribution in [0.5, 0.6) is 0 Å². The Kier molecular flexibility index (Phi) is 9.06. The van der Waals surface area contributed by atoms with Gasteiger partial charge in [-0.15, -0.1) is 11.3 Å². The second kappa shape index (κ2) is 12.7. The van der Waals surface area contributed by atoms with Crippen LogP contribution in [0.15, 0.2) is 102 Å². The first-order chi connectivity index (χ1) is 24.2. The normalized spacial score (nSPS) is 17.2.